The van der Waals surface area contributed by atoms with E-state index in [1.165, 1.54) is 29.8 Å². The Morgan fingerprint density at radius 2 is 2.00 bits per heavy atom. The highest BCUT2D eigenvalue weighted by molar-refractivity contribution is 7.79. The van der Waals surface area contributed by atoms with E-state index in [4.69, 9.17) is 12.2 Å². The third-order valence-corrected chi connectivity index (χ3v) is 3.21. The zero-order chi connectivity index (χ0) is 15.4. The summed E-state index contributed by atoms with van der Waals surface area (Å²) in [6.07, 6.45) is 1.32. The first-order valence-electron chi connectivity index (χ1n) is 6.22. The van der Waals surface area contributed by atoms with E-state index in [-0.39, 0.29) is 17.1 Å². The zero-order valence-corrected chi connectivity index (χ0v) is 12.1. The van der Waals surface area contributed by atoms with Gasteiger partial charge in [-0.05, 0) is 24.6 Å². The van der Waals surface area contributed by atoms with Gasteiger partial charge in [0.2, 0.25) is 0 Å². The Morgan fingerprint density at radius 3 is 2.57 bits per heavy atom. The number of thiocarbonyl (C=S) groups is 1. The molecule has 1 aromatic heterocycles. The normalized spacial score (nSPS) is 11.7. The van der Waals surface area contributed by atoms with Gasteiger partial charge >= 0.3 is 0 Å². The molecule has 21 heavy (non-hydrogen) atoms. The van der Waals surface area contributed by atoms with Crippen molar-refractivity contribution in [2.75, 3.05) is 0 Å². The monoisotopic (exact) mass is 302 g/mol. The molecule has 0 saturated heterocycles. The lowest BCUT2D eigenvalue weighted by molar-refractivity contribution is 0.0944. The first-order valence-corrected chi connectivity index (χ1v) is 6.69. The van der Waals surface area contributed by atoms with Gasteiger partial charge in [0, 0.05) is 23.3 Å². The number of aryl methyl sites for hydroxylation is 1. The summed E-state index contributed by atoms with van der Waals surface area (Å²) in [5.41, 5.74) is 1.44. The minimum Gasteiger partial charge on any atom is -0.508 e. The van der Waals surface area contributed by atoms with Crippen LogP contribution < -0.4 is 5.32 Å². The van der Waals surface area contributed by atoms with Gasteiger partial charge < -0.3 is 15.5 Å². The number of phenolic OH excluding ortho intramolecular Hbond substituents is 1. The number of nitrogens with zero attached hydrogens (tertiary/aromatic N) is 1. The van der Waals surface area contributed by atoms with Crippen LogP contribution >= 0.6 is 12.2 Å². The smallest absolute Gasteiger partial charge is 0.257 e. The van der Waals surface area contributed by atoms with E-state index in [1.54, 1.807) is 19.1 Å². The van der Waals surface area contributed by atoms with Gasteiger partial charge in [-0.1, -0.05) is 24.4 Å². The van der Waals surface area contributed by atoms with Crippen LogP contribution in [-0.4, -0.2) is 26.5 Å². The standard InChI is InChI=1S/C15H14N2O3S/c1-9-6-14(19)12(7-16-9)15(20)17-13(8-21)10-2-4-11(18)5-3-10/h2-8,13,18H,1H3,(H,16,19)(H,17,20). The number of carbonyl (C=O) groups excluding carboxylic acids is 1. The Labute approximate surface area is 127 Å². The number of aromatic nitrogens is 1. The van der Waals surface area contributed by atoms with Gasteiger partial charge in [0.15, 0.2) is 0 Å². The molecule has 1 aromatic carbocycles. The maximum absolute atomic E-state index is 12.2. The zero-order valence-electron chi connectivity index (χ0n) is 11.3. The van der Waals surface area contributed by atoms with E-state index in [0.717, 1.165) is 5.56 Å². The Hall–Kier alpha value is -2.47. The van der Waals surface area contributed by atoms with Crippen molar-refractivity contribution in [3.8, 4) is 11.5 Å². The first kappa shape index (κ1) is 14.9. The third kappa shape index (κ3) is 3.55. The van der Waals surface area contributed by atoms with Crippen LogP contribution in [0.1, 0.15) is 27.7 Å². The summed E-state index contributed by atoms with van der Waals surface area (Å²) < 4.78 is 0. The lowest BCUT2D eigenvalue weighted by Crippen LogP contribution is -2.29. The molecule has 0 aliphatic rings. The van der Waals surface area contributed by atoms with Crippen molar-refractivity contribution < 1.29 is 15.0 Å². The van der Waals surface area contributed by atoms with E-state index in [2.05, 4.69) is 10.3 Å². The fourth-order valence-electron chi connectivity index (χ4n) is 1.82. The van der Waals surface area contributed by atoms with E-state index < -0.39 is 11.9 Å². The highest BCUT2D eigenvalue weighted by Gasteiger charge is 2.16. The van der Waals surface area contributed by atoms with E-state index in [1.807, 2.05) is 0 Å². The lowest BCUT2D eigenvalue weighted by atomic mass is 10.1. The van der Waals surface area contributed by atoms with E-state index in [0.29, 0.717) is 5.69 Å². The van der Waals surface area contributed by atoms with Crippen molar-refractivity contribution in [3.63, 3.8) is 0 Å². The van der Waals surface area contributed by atoms with Crippen LogP contribution in [0, 0.1) is 6.92 Å². The fourth-order valence-corrected chi connectivity index (χ4v) is 2.04. The predicted octanol–water partition coefficient (Wildman–Crippen LogP) is 2.27. The molecular formula is C15H14N2O3S. The van der Waals surface area contributed by atoms with Crippen LogP contribution in [0.2, 0.25) is 0 Å². The SMILES string of the molecule is Cc1cc(O)c(C(=O)NC(C=S)c2ccc(O)cc2)cn1. The molecule has 108 valence electrons. The van der Waals surface area contributed by atoms with Gasteiger partial charge in [-0.3, -0.25) is 9.78 Å². The molecule has 0 spiro atoms. The number of hydrogen-bond donors (Lipinski definition) is 3. The molecular weight excluding hydrogens is 288 g/mol. The summed E-state index contributed by atoms with van der Waals surface area (Å²) in [5.74, 6) is -0.471. The van der Waals surface area contributed by atoms with E-state index >= 15 is 0 Å². The number of nitrogens with one attached hydrogen (secondary N) is 1. The fraction of sp³-hybridized carbons (Fsp3) is 0.133. The Kier molecular flexibility index (Phi) is 4.49. The summed E-state index contributed by atoms with van der Waals surface area (Å²) in [7, 11) is 0. The highest BCUT2D eigenvalue weighted by atomic mass is 32.1. The molecule has 1 heterocycles. The molecule has 2 rings (SSSR count). The summed E-state index contributed by atoms with van der Waals surface area (Å²) >= 11 is 4.93. The van der Waals surface area contributed by atoms with Gasteiger partial charge in [-0.2, -0.15) is 0 Å². The summed E-state index contributed by atoms with van der Waals surface area (Å²) in [5, 5.41) is 23.2. The molecule has 3 N–H and O–H groups in total. The highest BCUT2D eigenvalue weighted by Crippen LogP contribution is 2.19. The molecule has 5 nitrogen and oxygen atoms in total. The van der Waals surface area contributed by atoms with Gasteiger partial charge in [0.1, 0.15) is 11.5 Å². The lowest BCUT2D eigenvalue weighted by Gasteiger charge is -2.15. The summed E-state index contributed by atoms with van der Waals surface area (Å²) in [6.45, 7) is 1.72. The number of benzene rings is 1. The second-order valence-corrected chi connectivity index (χ2v) is 4.79. The van der Waals surface area contributed by atoms with Crippen LogP contribution in [0.5, 0.6) is 11.5 Å². The van der Waals surface area contributed by atoms with Crippen LogP contribution in [0.25, 0.3) is 0 Å². The van der Waals surface area contributed by atoms with Crippen molar-refractivity contribution in [3.05, 3.63) is 53.3 Å². The summed E-state index contributed by atoms with van der Waals surface area (Å²) in [6, 6.07) is 7.26. The predicted molar refractivity (Wildman–Crippen MR) is 82.6 cm³/mol. The quantitative estimate of drug-likeness (QED) is 0.755. The molecule has 1 amide bonds. The molecule has 0 radical (unpaired) electrons. The number of phenols is 1. The van der Waals surface area contributed by atoms with Gasteiger partial charge in [-0.25, -0.2) is 0 Å². The Morgan fingerprint density at radius 1 is 1.33 bits per heavy atom. The van der Waals surface area contributed by atoms with Crippen molar-refractivity contribution in [1.29, 1.82) is 0 Å². The Balaban J connectivity index is 2.20. The topological polar surface area (TPSA) is 82.5 Å². The van der Waals surface area contributed by atoms with Crippen LogP contribution in [0.4, 0.5) is 0 Å². The molecule has 0 aliphatic carbocycles. The van der Waals surface area contributed by atoms with Crippen molar-refractivity contribution >= 4 is 23.5 Å². The van der Waals surface area contributed by atoms with Crippen LogP contribution in [0.3, 0.4) is 0 Å². The number of hydrogen-bond acceptors (Lipinski definition) is 5. The largest absolute Gasteiger partial charge is 0.508 e. The summed E-state index contributed by atoms with van der Waals surface area (Å²) in [4.78, 5) is 16.1. The molecule has 0 fully saturated rings. The molecule has 1 atom stereocenters. The van der Waals surface area contributed by atoms with Gasteiger partial charge in [-0.15, -0.1) is 0 Å². The van der Waals surface area contributed by atoms with Gasteiger partial charge in [0.05, 0.1) is 11.6 Å². The molecule has 0 bridgehead atoms. The van der Waals surface area contributed by atoms with Crippen molar-refractivity contribution in [2.45, 2.75) is 13.0 Å². The number of rotatable bonds is 4. The second kappa shape index (κ2) is 6.32. The minimum absolute atomic E-state index is 0.0845. The molecule has 0 saturated carbocycles. The Bertz CT molecular complexity index is 671. The van der Waals surface area contributed by atoms with Crippen LogP contribution in [-0.2, 0) is 0 Å². The van der Waals surface area contributed by atoms with Crippen molar-refractivity contribution in [1.82, 2.24) is 10.3 Å². The molecule has 0 aliphatic heterocycles. The number of aromatic hydroxyl groups is 2. The van der Waals surface area contributed by atoms with Crippen molar-refractivity contribution in [2.24, 2.45) is 0 Å². The average molecular weight is 302 g/mol. The average Bonchev–Trinajstić information content (AvgIpc) is 2.45. The molecule has 6 heteroatoms. The van der Waals surface area contributed by atoms with Gasteiger partial charge in [0.25, 0.3) is 5.91 Å². The van der Waals surface area contributed by atoms with Crippen LogP contribution in [0.15, 0.2) is 36.5 Å². The third-order valence-electron chi connectivity index (χ3n) is 2.94. The number of amides is 1. The minimum atomic E-state index is -0.506. The molecule has 1 unspecified atom stereocenters. The number of carbonyl (C=O) groups is 1. The maximum atomic E-state index is 12.2. The van der Waals surface area contributed by atoms with E-state index in [9.17, 15) is 15.0 Å². The molecule has 2 aromatic rings. The second-order valence-electron chi connectivity index (χ2n) is 4.52. The number of pyridine rings is 1. The first-order chi connectivity index (χ1) is 10.0. The maximum Gasteiger partial charge on any atom is 0.257 e.